The van der Waals surface area contributed by atoms with Crippen molar-refractivity contribution in [2.24, 2.45) is 17.8 Å². The summed E-state index contributed by atoms with van der Waals surface area (Å²) in [6.45, 7) is 0. The molecule has 10 heteroatoms. The minimum atomic E-state index is -1.24. The number of anilines is 2. The summed E-state index contributed by atoms with van der Waals surface area (Å²) in [6.07, 6.45) is 13.2. The van der Waals surface area contributed by atoms with E-state index in [9.17, 15) is 9.65 Å². The number of rotatable bonds is 7. The Morgan fingerprint density at radius 1 is 1.10 bits per heavy atom. The van der Waals surface area contributed by atoms with Crippen LogP contribution in [0, 0.1) is 34.9 Å². The van der Waals surface area contributed by atoms with Crippen LogP contribution in [-0.2, 0) is 5.44 Å². The summed E-state index contributed by atoms with van der Waals surface area (Å²) in [5.41, 5.74) is 9.13. The maximum absolute atomic E-state index is 13.9. The van der Waals surface area contributed by atoms with Crippen LogP contribution in [0.1, 0.15) is 62.5 Å². The highest BCUT2D eigenvalue weighted by Gasteiger charge is 2.51. The van der Waals surface area contributed by atoms with Gasteiger partial charge in [-0.2, -0.15) is 5.26 Å². The van der Waals surface area contributed by atoms with Crippen LogP contribution >= 0.6 is 11.6 Å². The predicted molar refractivity (Wildman–Crippen MR) is 163 cm³/mol. The molecule has 5 aliphatic carbocycles. The summed E-state index contributed by atoms with van der Waals surface area (Å²) < 4.78 is 13.9. The predicted octanol–water partition coefficient (Wildman–Crippen LogP) is 6.04. The molecule has 6 aliphatic rings. The first-order chi connectivity index (χ1) is 20.3. The quantitative estimate of drug-likeness (QED) is 0.254. The summed E-state index contributed by atoms with van der Waals surface area (Å²) in [4.78, 5) is 4.59. The van der Waals surface area contributed by atoms with Crippen molar-refractivity contribution in [3.8, 4) is 6.07 Å². The average Bonchev–Trinajstić information content (AvgIpc) is 3.68. The normalized spacial score (nSPS) is 29.1. The monoisotopic (exact) mass is 579 g/mol. The van der Waals surface area contributed by atoms with Crippen LogP contribution in [0.2, 0.25) is 5.02 Å². The van der Waals surface area contributed by atoms with E-state index in [0.29, 0.717) is 39.1 Å². The fourth-order valence-electron chi connectivity index (χ4n) is 8.39. The van der Waals surface area contributed by atoms with Crippen molar-refractivity contribution in [3.63, 3.8) is 0 Å². The van der Waals surface area contributed by atoms with E-state index in [4.69, 9.17) is 19.4 Å². The molecule has 1 aliphatic heterocycles. The van der Waals surface area contributed by atoms with Crippen molar-refractivity contribution in [1.29, 1.82) is 5.26 Å². The highest BCUT2D eigenvalue weighted by atomic mass is 35.5. The van der Waals surface area contributed by atoms with Gasteiger partial charge >= 0.3 is 0 Å². The molecule has 4 bridgehead atoms. The Bertz CT molecular complexity index is 1610. The van der Waals surface area contributed by atoms with E-state index in [1.807, 2.05) is 23.3 Å². The Morgan fingerprint density at radius 3 is 2.43 bits per heavy atom. The number of nitriles is 1. The Morgan fingerprint density at radius 2 is 1.79 bits per heavy atom. The van der Waals surface area contributed by atoms with Crippen molar-refractivity contribution in [1.82, 2.24) is 21.0 Å². The Kier molecular flexibility index (Phi) is 5.93. The molecule has 9 rings (SSSR count). The SMILES string of the molecule is [B]C(Nc1cc(Cl)c2ncc(C#N)c(NC34CC5CC(CC(C5)C3)C4)c2c1)(C1=CN(C2CC2)NN1)c1ccc(F)cc1. The molecule has 42 heavy (non-hydrogen) atoms. The first-order valence-electron chi connectivity index (χ1n) is 15.0. The zero-order valence-corrected chi connectivity index (χ0v) is 24.0. The molecule has 0 amide bonds. The van der Waals surface area contributed by atoms with E-state index in [2.05, 4.69) is 32.6 Å². The number of nitrogens with one attached hydrogen (secondary N) is 4. The molecule has 1 atom stereocenters. The smallest absolute Gasteiger partial charge is 0.123 e. The third-order valence-corrected chi connectivity index (χ3v) is 10.4. The molecule has 5 saturated carbocycles. The molecule has 0 spiro atoms. The van der Waals surface area contributed by atoms with Gasteiger partial charge in [0.2, 0.25) is 0 Å². The highest BCUT2D eigenvalue weighted by Crippen LogP contribution is 2.57. The number of halogens is 2. The van der Waals surface area contributed by atoms with Crippen molar-refractivity contribution in [3.05, 3.63) is 76.5 Å². The zero-order chi connectivity index (χ0) is 28.6. The van der Waals surface area contributed by atoms with Gasteiger partial charge in [0.1, 0.15) is 19.7 Å². The lowest BCUT2D eigenvalue weighted by atomic mass is 9.53. The lowest BCUT2D eigenvalue weighted by molar-refractivity contribution is 0.0107. The lowest BCUT2D eigenvalue weighted by Gasteiger charge is -2.57. The molecular weight excluding hydrogens is 548 g/mol. The van der Waals surface area contributed by atoms with Crippen molar-refractivity contribution >= 4 is 41.7 Å². The second-order valence-electron chi connectivity index (χ2n) is 13.2. The summed E-state index contributed by atoms with van der Waals surface area (Å²) >= 11 is 6.88. The standard InChI is InChI=1S/C32H32BClFN7/c33-32(22-1-3-23(35)4-2-22,28-17-42(41-40-28)25-5-6-25)38-24-10-26-29(21(15-36)16-37-30(26)27(34)11-24)39-31-12-18-7-19(13-31)9-20(8-18)14-31/h1-4,10-11,16-20,25,38,40-41H,5-9,12-14H2,(H,37,39). The van der Waals surface area contributed by atoms with Gasteiger partial charge in [0.15, 0.2) is 0 Å². The average molecular weight is 580 g/mol. The van der Waals surface area contributed by atoms with Crippen LogP contribution in [0.4, 0.5) is 15.8 Å². The Hall–Kier alpha value is -3.48. The molecule has 3 aromatic rings. The van der Waals surface area contributed by atoms with Gasteiger partial charge in [0.25, 0.3) is 0 Å². The number of hydrazine groups is 2. The van der Waals surface area contributed by atoms with Crippen molar-refractivity contribution < 1.29 is 4.39 Å². The van der Waals surface area contributed by atoms with E-state index in [1.165, 1.54) is 31.4 Å². The van der Waals surface area contributed by atoms with Crippen LogP contribution in [-0.4, -0.2) is 29.4 Å². The minimum Gasteiger partial charge on any atom is -0.378 e. The van der Waals surface area contributed by atoms with Gasteiger partial charge in [-0.05, 0) is 98.9 Å². The maximum atomic E-state index is 13.9. The van der Waals surface area contributed by atoms with E-state index in [0.717, 1.165) is 60.9 Å². The zero-order valence-electron chi connectivity index (χ0n) is 23.3. The third kappa shape index (κ3) is 4.39. The second kappa shape index (κ2) is 9.52. The van der Waals surface area contributed by atoms with Gasteiger partial charge in [-0.25, -0.2) is 4.39 Å². The lowest BCUT2D eigenvalue weighted by Crippen LogP contribution is -2.54. The Labute approximate surface area is 251 Å². The van der Waals surface area contributed by atoms with E-state index < -0.39 is 5.44 Å². The molecule has 1 aromatic heterocycles. The number of hydrogen-bond acceptors (Lipinski definition) is 7. The van der Waals surface area contributed by atoms with Gasteiger partial charge in [0, 0.05) is 35.1 Å². The molecule has 7 nitrogen and oxygen atoms in total. The van der Waals surface area contributed by atoms with E-state index in [-0.39, 0.29) is 11.4 Å². The first-order valence-corrected chi connectivity index (χ1v) is 15.3. The van der Waals surface area contributed by atoms with E-state index >= 15 is 0 Å². The number of hydrogen-bond donors (Lipinski definition) is 4. The fourth-order valence-corrected chi connectivity index (χ4v) is 8.66. The van der Waals surface area contributed by atoms with Crippen molar-refractivity contribution in [2.75, 3.05) is 10.6 Å². The molecule has 2 aromatic carbocycles. The van der Waals surface area contributed by atoms with Gasteiger partial charge in [-0.3, -0.25) is 9.99 Å². The van der Waals surface area contributed by atoms with Crippen LogP contribution in [0.15, 0.2) is 54.5 Å². The molecular formula is C32H32BClFN7. The maximum Gasteiger partial charge on any atom is 0.123 e. The number of pyridine rings is 1. The molecule has 1 unspecified atom stereocenters. The number of nitrogens with zero attached hydrogens (tertiary/aromatic N) is 3. The summed E-state index contributed by atoms with van der Waals surface area (Å²) in [6, 6.07) is 12.8. The number of aromatic nitrogens is 1. The van der Waals surface area contributed by atoms with Crippen LogP contribution in [0.5, 0.6) is 0 Å². The van der Waals surface area contributed by atoms with Crippen LogP contribution in [0.25, 0.3) is 10.9 Å². The van der Waals surface area contributed by atoms with E-state index in [1.54, 1.807) is 18.3 Å². The van der Waals surface area contributed by atoms with Crippen LogP contribution < -0.4 is 21.6 Å². The third-order valence-electron chi connectivity index (χ3n) is 10.1. The van der Waals surface area contributed by atoms with Gasteiger partial charge < -0.3 is 16.1 Å². The van der Waals surface area contributed by atoms with Gasteiger partial charge in [-0.1, -0.05) is 23.7 Å². The van der Waals surface area contributed by atoms with Gasteiger partial charge in [-0.15, -0.1) is 5.53 Å². The minimum absolute atomic E-state index is 0.00715. The molecule has 4 N–H and O–H groups in total. The molecule has 212 valence electrons. The fraction of sp³-hybridized carbons (Fsp3) is 0.438. The van der Waals surface area contributed by atoms with Gasteiger partial charge in [0.05, 0.1) is 32.9 Å². The summed E-state index contributed by atoms with van der Waals surface area (Å²) in [5.74, 6) is 1.93. The molecule has 2 radical (unpaired) electrons. The summed E-state index contributed by atoms with van der Waals surface area (Å²) in [7, 11) is 7.16. The number of fused-ring (bicyclic) bond motifs is 1. The Balaban J connectivity index is 1.21. The highest BCUT2D eigenvalue weighted by molar-refractivity contribution is 6.36. The number of benzene rings is 2. The van der Waals surface area contributed by atoms with Crippen molar-refractivity contribution in [2.45, 2.75) is 68.4 Å². The molecule has 0 saturated heterocycles. The molecule has 2 heterocycles. The first kappa shape index (κ1) is 26.2. The topological polar surface area (TPSA) is 88.0 Å². The second-order valence-corrected chi connectivity index (χ2v) is 13.6. The van der Waals surface area contributed by atoms with Crippen LogP contribution in [0.3, 0.4) is 0 Å². The summed E-state index contributed by atoms with van der Waals surface area (Å²) in [5, 5.41) is 20.8. The largest absolute Gasteiger partial charge is 0.378 e. The molecule has 5 fully saturated rings.